The average Bonchev–Trinajstić information content (AvgIpc) is 2.58. The SMILES string of the molecule is CCc1cc2cccnc2n1CC=O. The Morgan fingerprint density at radius 3 is 3.14 bits per heavy atom. The van der Waals surface area contributed by atoms with Crippen LogP contribution in [0.15, 0.2) is 24.4 Å². The van der Waals surface area contributed by atoms with Crippen molar-refractivity contribution in [2.45, 2.75) is 19.9 Å². The normalized spacial score (nSPS) is 10.6. The first-order valence-corrected chi connectivity index (χ1v) is 4.73. The summed E-state index contributed by atoms with van der Waals surface area (Å²) >= 11 is 0. The minimum atomic E-state index is 0.393. The van der Waals surface area contributed by atoms with Crippen LogP contribution in [0.25, 0.3) is 11.0 Å². The summed E-state index contributed by atoms with van der Waals surface area (Å²) in [4.78, 5) is 14.8. The number of carbonyl (C=O) groups excluding carboxylic acids is 1. The molecule has 0 N–H and O–H groups in total. The van der Waals surface area contributed by atoms with Gasteiger partial charge in [0.2, 0.25) is 0 Å². The van der Waals surface area contributed by atoms with E-state index in [1.807, 2.05) is 16.7 Å². The van der Waals surface area contributed by atoms with Gasteiger partial charge in [0.25, 0.3) is 0 Å². The van der Waals surface area contributed by atoms with Gasteiger partial charge < -0.3 is 9.36 Å². The molecule has 14 heavy (non-hydrogen) atoms. The molecule has 0 atom stereocenters. The van der Waals surface area contributed by atoms with E-state index in [9.17, 15) is 4.79 Å². The topological polar surface area (TPSA) is 34.9 Å². The van der Waals surface area contributed by atoms with Gasteiger partial charge in [0.1, 0.15) is 11.9 Å². The van der Waals surface area contributed by atoms with Gasteiger partial charge in [-0.2, -0.15) is 0 Å². The Morgan fingerprint density at radius 1 is 1.57 bits per heavy atom. The van der Waals surface area contributed by atoms with Crippen molar-refractivity contribution in [2.24, 2.45) is 0 Å². The summed E-state index contributed by atoms with van der Waals surface area (Å²) in [5.41, 5.74) is 2.06. The summed E-state index contributed by atoms with van der Waals surface area (Å²) in [5, 5.41) is 1.10. The second-order valence-electron chi connectivity index (χ2n) is 3.18. The van der Waals surface area contributed by atoms with Gasteiger partial charge in [0.05, 0.1) is 6.54 Å². The molecule has 0 aliphatic rings. The highest BCUT2D eigenvalue weighted by molar-refractivity contribution is 5.78. The van der Waals surface area contributed by atoms with E-state index in [-0.39, 0.29) is 0 Å². The highest BCUT2D eigenvalue weighted by Gasteiger charge is 2.06. The van der Waals surface area contributed by atoms with Crippen molar-refractivity contribution in [1.29, 1.82) is 0 Å². The molecule has 0 saturated carbocycles. The lowest BCUT2D eigenvalue weighted by Crippen LogP contribution is -2.03. The summed E-state index contributed by atoms with van der Waals surface area (Å²) in [6.45, 7) is 2.47. The number of aldehydes is 1. The fraction of sp³-hybridized carbons (Fsp3) is 0.273. The van der Waals surface area contributed by atoms with E-state index in [0.717, 1.165) is 29.4 Å². The van der Waals surface area contributed by atoms with Gasteiger partial charge in [-0.05, 0) is 24.6 Å². The molecule has 2 rings (SSSR count). The van der Waals surface area contributed by atoms with Gasteiger partial charge >= 0.3 is 0 Å². The molecule has 2 aromatic heterocycles. The van der Waals surface area contributed by atoms with Crippen molar-refractivity contribution < 1.29 is 4.79 Å². The molecule has 0 unspecified atom stereocenters. The van der Waals surface area contributed by atoms with E-state index in [2.05, 4.69) is 18.0 Å². The quantitative estimate of drug-likeness (QED) is 0.688. The van der Waals surface area contributed by atoms with Gasteiger partial charge in [0, 0.05) is 17.3 Å². The molecule has 0 aliphatic heterocycles. The Morgan fingerprint density at radius 2 is 2.43 bits per heavy atom. The molecule has 0 saturated heterocycles. The molecule has 0 spiro atoms. The number of pyridine rings is 1. The fourth-order valence-corrected chi connectivity index (χ4v) is 1.71. The van der Waals surface area contributed by atoms with Crippen LogP contribution in [0.2, 0.25) is 0 Å². The first-order chi connectivity index (χ1) is 6.86. The van der Waals surface area contributed by atoms with Crippen LogP contribution < -0.4 is 0 Å². The third-order valence-electron chi connectivity index (χ3n) is 2.36. The predicted octanol–water partition coefficient (Wildman–Crippen LogP) is 1.80. The van der Waals surface area contributed by atoms with Gasteiger partial charge in [-0.3, -0.25) is 0 Å². The molecule has 0 aromatic carbocycles. The Kier molecular flexibility index (Phi) is 2.31. The first kappa shape index (κ1) is 8.94. The standard InChI is InChI=1S/C11H12N2O/c1-2-10-8-9-4-3-5-12-11(9)13(10)6-7-14/h3-5,7-8H,2,6H2,1H3. The second-order valence-corrected chi connectivity index (χ2v) is 3.18. The van der Waals surface area contributed by atoms with Crippen molar-refractivity contribution in [2.75, 3.05) is 0 Å². The summed E-state index contributed by atoms with van der Waals surface area (Å²) < 4.78 is 1.96. The van der Waals surface area contributed by atoms with E-state index >= 15 is 0 Å². The minimum Gasteiger partial charge on any atom is -0.323 e. The van der Waals surface area contributed by atoms with Crippen LogP contribution in [-0.4, -0.2) is 15.8 Å². The van der Waals surface area contributed by atoms with E-state index in [4.69, 9.17) is 0 Å². The molecule has 0 aliphatic carbocycles. The smallest absolute Gasteiger partial charge is 0.140 e. The largest absolute Gasteiger partial charge is 0.323 e. The van der Waals surface area contributed by atoms with Gasteiger partial charge in [-0.15, -0.1) is 0 Å². The number of aryl methyl sites for hydroxylation is 1. The molecule has 72 valence electrons. The van der Waals surface area contributed by atoms with Crippen LogP contribution in [-0.2, 0) is 17.8 Å². The summed E-state index contributed by atoms with van der Waals surface area (Å²) in [5.74, 6) is 0. The summed E-state index contributed by atoms with van der Waals surface area (Å²) in [6, 6.07) is 6.02. The number of rotatable bonds is 3. The zero-order valence-electron chi connectivity index (χ0n) is 8.10. The molecular weight excluding hydrogens is 176 g/mol. The predicted molar refractivity (Wildman–Crippen MR) is 55.2 cm³/mol. The number of carbonyl (C=O) groups is 1. The van der Waals surface area contributed by atoms with Crippen molar-refractivity contribution in [3.05, 3.63) is 30.1 Å². The van der Waals surface area contributed by atoms with Crippen LogP contribution in [0.5, 0.6) is 0 Å². The van der Waals surface area contributed by atoms with E-state index in [0.29, 0.717) is 6.54 Å². The van der Waals surface area contributed by atoms with Crippen LogP contribution >= 0.6 is 0 Å². The van der Waals surface area contributed by atoms with Gasteiger partial charge in [-0.1, -0.05) is 6.92 Å². The second kappa shape index (κ2) is 3.62. The maximum Gasteiger partial charge on any atom is 0.140 e. The first-order valence-electron chi connectivity index (χ1n) is 4.73. The molecule has 0 bridgehead atoms. The minimum absolute atomic E-state index is 0.393. The summed E-state index contributed by atoms with van der Waals surface area (Å²) in [7, 11) is 0. The van der Waals surface area contributed by atoms with E-state index < -0.39 is 0 Å². The highest BCUT2D eigenvalue weighted by atomic mass is 16.1. The maximum atomic E-state index is 10.5. The average molecular weight is 188 g/mol. The Bertz CT molecular complexity index is 459. The lowest BCUT2D eigenvalue weighted by Gasteiger charge is -2.02. The van der Waals surface area contributed by atoms with Crippen molar-refractivity contribution >= 4 is 17.3 Å². The van der Waals surface area contributed by atoms with Gasteiger partial charge in [0.15, 0.2) is 0 Å². The van der Waals surface area contributed by atoms with E-state index in [1.54, 1.807) is 6.20 Å². The van der Waals surface area contributed by atoms with E-state index in [1.165, 1.54) is 0 Å². The van der Waals surface area contributed by atoms with Gasteiger partial charge in [-0.25, -0.2) is 4.98 Å². The Balaban J connectivity index is 2.67. The third kappa shape index (κ3) is 1.31. The molecule has 0 amide bonds. The lowest BCUT2D eigenvalue weighted by molar-refractivity contribution is -0.108. The number of aromatic nitrogens is 2. The van der Waals surface area contributed by atoms with Crippen molar-refractivity contribution in [1.82, 2.24) is 9.55 Å². The Labute approximate surface area is 82.4 Å². The lowest BCUT2D eigenvalue weighted by atomic mass is 10.3. The zero-order chi connectivity index (χ0) is 9.97. The van der Waals surface area contributed by atoms with Crippen LogP contribution in [0.4, 0.5) is 0 Å². The van der Waals surface area contributed by atoms with Crippen LogP contribution in [0.1, 0.15) is 12.6 Å². The summed E-state index contributed by atoms with van der Waals surface area (Å²) in [6.07, 6.45) is 3.58. The molecule has 2 aromatic rings. The number of fused-ring (bicyclic) bond motifs is 1. The molecule has 2 heterocycles. The van der Waals surface area contributed by atoms with Crippen LogP contribution in [0, 0.1) is 0 Å². The fourth-order valence-electron chi connectivity index (χ4n) is 1.71. The highest BCUT2D eigenvalue weighted by Crippen LogP contribution is 2.17. The number of nitrogens with zero attached hydrogens (tertiary/aromatic N) is 2. The van der Waals surface area contributed by atoms with Crippen molar-refractivity contribution in [3.8, 4) is 0 Å². The molecular formula is C11H12N2O. The number of hydrogen-bond donors (Lipinski definition) is 0. The van der Waals surface area contributed by atoms with Crippen LogP contribution in [0.3, 0.4) is 0 Å². The Hall–Kier alpha value is -1.64. The zero-order valence-corrected chi connectivity index (χ0v) is 8.10. The maximum absolute atomic E-state index is 10.5. The molecule has 0 radical (unpaired) electrons. The molecule has 3 nitrogen and oxygen atoms in total. The monoisotopic (exact) mass is 188 g/mol. The van der Waals surface area contributed by atoms with Crippen molar-refractivity contribution in [3.63, 3.8) is 0 Å². The molecule has 0 fully saturated rings. The third-order valence-corrected chi connectivity index (χ3v) is 2.36. The number of hydrogen-bond acceptors (Lipinski definition) is 2. The molecule has 3 heteroatoms.